The summed E-state index contributed by atoms with van der Waals surface area (Å²) in [5, 5.41) is 3.55. The highest BCUT2D eigenvalue weighted by atomic mass is 16.5. The fourth-order valence-corrected chi connectivity index (χ4v) is 2.63. The molecule has 1 rings (SSSR count). The Labute approximate surface area is 126 Å². The highest BCUT2D eigenvalue weighted by Crippen LogP contribution is 2.26. The number of hydrogen-bond acceptors (Lipinski definition) is 3. The molecular weight excluding hydrogens is 248 g/mol. The van der Waals surface area contributed by atoms with Gasteiger partial charge in [0.05, 0.1) is 12.2 Å². The second-order valence-corrected chi connectivity index (χ2v) is 8.57. The number of rotatable bonds is 5. The molecule has 3 heteroatoms. The largest absolute Gasteiger partial charge is 0.372 e. The van der Waals surface area contributed by atoms with Crippen molar-refractivity contribution in [2.45, 2.75) is 85.1 Å². The van der Waals surface area contributed by atoms with Crippen molar-refractivity contribution in [1.29, 1.82) is 0 Å². The van der Waals surface area contributed by atoms with Crippen LogP contribution in [-0.2, 0) is 4.74 Å². The molecule has 1 aliphatic heterocycles. The second-order valence-electron chi connectivity index (χ2n) is 8.57. The molecule has 1 saturated heterocycles. The first-order valence-corrected chi connectivity index (χ1v) is 8.10. The maximum absolute atomic E-state index is 6.19. The van der Waals surface area contributed by atoms with Crippen LogP contribution in [0.5, 0.6) is 0 Å². The summed E-state index contributed by atoms with van der Waals surface area (Å²) in [6.45, 7) is 17.9. The van der Waals surface area contributed by atoms with Crippen LogP contribution in [0.4, 0.5) is 0 Å². The maximum Gasteiger partial charge on any atom is 0.0707 e. The van der Waals surface area contributed by atoms with E-state index in [2.05, 4.69) is 65.7 Å². The van der Waals surface area contributed by atoms with Gasteiger partial charge in [-0.3, -0.25) is 0 Å². The average Bonchev–Trinajstić information content (AvgIpc) is 2.71. The number of likely N-dealkylation sites (N-methyl/N-ethyl adjacent to an activating group) is 1. The summed E-state index contributed by atoms with van der Waals surface area (Å²) < 4.78 is 6.19. The molecule has 0 aromatic heterocycles. The lowest BCUT2D eigenvalue weighted by Gasteiger charge is -2.36. The van der Waals surface area contributed by atoms with Gasteiger partial charge in [-0.2, -0.15) is 0 Å². The molecule has 0 aromatic rings. The van der Waals surface area contributed by atoms with Gasteiger partial charge in [-0.1, -0.05) is 20.8 Å². The molecule has 3 nitrogen and oxygen atoms in total. The summed E-state index contributed by atoms with van der Waals surface area (Å²) >= 11 is 0. The molecule has 3 unspecified atom stereocenters. The molecule has 0 amide bonds. The van der Waals surface area contributed by atoms with Crippen molar-refractivity contribution in [1.82, 2.24) is 10.2 Å². The SMILES string of the molecule is CC(N(C)CC1CCC(CNC(C)(C)C)O1)C(C)(C)C. The Balaban J connectivity index is 2.34. The molecule has 0 radical (unpaired) electrons. The van der Waals surface area contributed by atoms with Crippen LogP contribution < -0.4 is 5.32 Å². The smallest absolute Gasteiger partial charge is 0.0707 e. The van der Waals surface area contributed by atoms with Crippen LogP contribution in [0.2, 0.25) is 0 Å². The zero-order chi connectivity index (χ0) is 15.6. The monoisotopic (exact) mass is 284 g/mol. The first-order chi connectivity index (χ1) is 8.99. The summed E-state index contributed by atoms with van der Waals surface area (Å²) in [7, 11) is 2.22. The minimum Gasteiger partial charge on any atom is -0.372 e. The Morgan fingerprint density at radius 1 is 1.10 bits per heavy atom. The van der Waals surface area contributed by atoms with E-state index in [1.807, 2.05) is 0 Å². The molecule has 20 heavy (non-hydrogen) atoms. The van der Waals surface area contributed by atoms with Crippen molar-refractivity contribution in [3.05, 3.63) is 0 Å². The molecule has 0 bridgehead atoms. The lowest BCUT2D eigenvalue weighted by atomic mass is 9.87. The van der Waals surface area contributed by atoms with E-state index in [0.717, 1.165) is 13.1 Å². The van der Waals surface area contributed by atoms with Crippen LogP contribution in [0.15, 0.2) is 0 Å². The van der Waals surface area contributed by atoms with E-state index in [-0.39, 0.29) is 5.54 Å². The quantitative estimate of drug-likeness (QED) is 0.838. The van der Waals surface area contributed by atoms with Crippen LogP contribution in [-0.4, -0.2) is 48.8 Å². The third-order valence-corrected chi connectivity index (χ3v) is 4.46. The van der Waals surface area contributed by atoms with Gasteiger partial charge in [0.25, 0.3) is 0 Å². The zero-order valence-electron chi connectivity index (χ0n) is 14.9. The molecule has 1 aliphatic rings. The van der Waals surface area contributed by atoms with Gasteiger partial charge in [0.1, 0.15) is 0 Å². The number of nitrogens with one attached hydrogen (secondary N) is 1. The van der Waals surface area contributed by atoms with Crippen LogP contribution in [0, 0.1) is 5.41 Å². The zero-order valence-corrected chi connectivity index (χ0v) is 14.9. The number of nitrogens with zero attached hydrogens (tertiary/aromatic N) is 1. The van der Waals surface area contributed by atoms with Crippen LogP contribution in [0.3, 0.4) is 0 Å². The molecule has 0 aromatic carbocycles. The van der Waals surface area contributed by atoms with E-state index in [9.17, 15) is 0 Å². The minimum absolute atomic E-state index is 0.180. The second kappa shape index (κ2) is 6.76. The van der Waals surface area contributed by atoms with Crippen molar-refractivity contribution in [2.24, 2.45) is 5.41 Å². The van der Waals surface area contributed by atoms with Crippen molar-refractivity contribution in [3.63, 3.8) is 0 Å². The van der Waals surface area contributed by atoms with Gasteiger partial charge in [-0.15, -0.1) is 0 Å². The van der Waals surface area contributed by atoms with Gasteiger partial charge in [-0.25, -0.2) is 0 Å². The highest BCUT2D eigenvalue weighted by Gasteiger charge is 2.30. The molecule has 0 aliphatic carbocycles. The lowest BCUT2D eigenvalue weighted by molar-refractivity contribution is 0.00907. The summed E-state index contributed by atoms with van der Waals surface area (Å²) in [6, 6.07) is 0.567. The number of ether oxygens (including phenoxy) is 1. The Kier molecular flexibility index (Phi) is 6.06. The van der Waals surface area contributed by atoms with Crippen molar-refractivity contribution in [2.75, 3.05) is 20.1 Å². The molecule has 0 saturated carbocycles. The predicted molar refractivity (Wildman–Crippen MR) is 87.2 cm³/mol. The predicted octanol–water partition coefficient (Wildman–Crippen LogP) is 3.29. The van der Waals surface area contributed by atoms with Gasteiger partial charge in [0.15, 0.2) is 0 Å². The van der Waals surface area contributed by atoms with E-state index in [1.165, 1.54) is 12.8 Å². The van der Waals surface area contributed by atoms with Crippen molar-refractivity contribution >= 4 is 0 Å². The van der Waals surface area contributed by atoms with Gasteiger partial charge < -0.3 is 15.0 Å². The summed E-state index contributed by atoms with van der Waals surface area (Å²) in [5.41, 5.74) is 0.500. The molecule has 120 valence electrons. The van der Waals surface area contributed by atoms with Crippen molar-refractivity contribution < 1.29 is 4.74 Å². The summed E-state index contributed by atoms with van der Waals surface area (Å²) in [4.78, 5) is 2.45. The fraction of sp³-hybridized carbons (Fsp3) is 1.00. The Morgan fingerprint density at radius 2 is 1.65 bits per heavy atom. The van der Waals surface area contributed by atoms with Gasteiger partial charge in [-0.05, 0) is 53.0 Å². The standard InChI is InChI=1S/C17H36N2O/c1-13(16(2,3)4)19(8)12-15-10-9-14(20-15)11-18-17(5,6)7/h13-15,18H,9-12H2,1-8H3. The average molecular weight is 284 g/mol. The van der Waals surface area contributed by atoms with E-state index >= 15 is 0 Å². The Bertz CT molecular complexity index is 290. The third kappa shape index (κ3) is 6.11. The molecule has 1 fully saturated rings. The van der Waals surface area contributed by atoms with Crippen LogP contribution >= 0.6 is 0 Å². The van der Waals surface area contributed by atoms with Gasteiger partial charge >= 0.3 is 0 Å². The van der Waals surface area contributed by atoms with Crippen LogP contribution in [0.1, 0.15) is 61.3 Å². The normalized spacial score (nSPS) is 26.2. The molecular formula is C17H36N2O. The maximum atomic E-state index is 6.19. The highest BCUT2D eigenvalue weighted by molar-refractivity contribution is 4.83. The third-order valence-electron chi connectivity index (χ3n) is 4.46. The number of hydrogen-bond donors (Lipinski definition) is 1. The van der Waals surface area contributed by atoms with E-state index in [1.54, 1.807) is 0 Å². The topological polar surface area (TPSA) is 24.5 Å². The van der Waals surface area contributed by atoms with Gasteiger partial charge in [0.2, 0.25) is 0 Å². The van der Waals surface area contributed by atoms with Crippen LogP contribution in [0.25, 0.3) is 0 Å². The van der Waals surface area contributed by atoms with E-state index < -0.39 is 0 Å². The molecule has 3 atom stereocenters. The summed E-state index contributed by atoms with van der Waals surface area (Å²) in [6.07, 6.45) is 3.16. The molecule has 1 heterocycles. The Hall–Kier alpha value is -0.120. The Morgan fingerprint density at radius 3 is 2.15 bits per heavy atom. The molecule has 1 N–H and O–H groups in total. The first kappa shape index (κ1) is 17.9. The van der Waals surface area contributed by atoms with E-state index in [4.69, 9.17) is 4.74 Å². The van der Waals surface area contributed by atoms with Gasteiger partial charge in [0, 0.05) is 24.7 Å². The lowest BCUT2D eigenvalue weighted by Crippen LogP contribution is -2.44. The minimum atomic E-state index is 0.180. The molecule has 0 spiro atoms. The first-order valence-electron chi connectivity index (χ1n) is 8.10. The summed E-state index contributed by atoms with van der Waals surface area (Å²) in [5.74, 6) is 0. The van der Waals surface area contributed by atoms with Crippen molar-refractivity contribution in [3.8, 4) is 0 Å². The van der Waals surface area contributed by atoms with E-state index in [0.29, 0.717) is 23.7 Å². The fourth-order valence-electron chi connectivity index (χ4n) is 2.63.